The maximum Gasteiger partial charge on any atom is 0.224 e. The number of rotatable bonds is 5. The number of amides is 1. The molecule has 0 radical (unpaired) electrons. The zero-order valence-electron chi connectivity index (χ0n) is 10.4. The first kappa shape index (κ1) is 12.6. The predicted molar refractivity (Wildman–Crippen MR) is 72.2 cm³/mol. The van der Waals surface area contributed by atoms with Gasteiger partial charge in [0.25, 0.3) is 0 Å². The summed E-state index contributed by atoms with van der Waals surface area (Å²) in [6, 6.07) is 5.71. The number of hydrogen-bond acceptors (Lipinski definition) is 3. The quantitative estimate of drug-likeness (QED) is 0.753. The van der Waals surface area contributed by atoms with E-state index in [0.717, 1.165) is 23.0 Å². The molecule has 2 rings (SSSR count). The number of anilines is 1. The predicted octanol–water partition coefficient (Wildman–Crippen LogP) is 1.88. The van der Waals surface area contributed by atoms with Gasteiger partial charge in [-0.3, -0.25) is 9.89 Å². The van der Waals surface area contributed by atoms with Crippen molar-refractivity contribution in [1.82, 2.24) is 10.2 Å². The first-order chi connectivity index (χ1) is 8.70. The van der Waals surface area contributed by atoms with Crippen LogP contribution < -0.4 is 11.1 Å². The molecule has 0 spiro atoms. The van der Waals surface area contributed by atoms with Crippen molar-refractivity contribution < 1.29 is 4.79 Å². The van der Waals surface area contributed by atoms with Crippen molar-refractivity contribution >= 4 is 22.5 Å². The minimum atomic E-state index is 0.0115. The highest BCUT2D eigenvalue weighted by atomic mass is 16.1. The van der Waals surface area contributed by atoms with Crippen LogP contribution in [0.15, 0.2) is 24.4 Å². The van der Waals surface area contributed by atoms with Gasteiger partial charge in [-0.25, -0.2) is 0 Å². The number of aromatic nitrogens is 2. The number of carbonyl (C=O) groups is 1. The number of carbonyl (C=O) groups excluding carboxylic acids is 1. The van der Waals surface area contributed by atoms with E-state index in [4.69, 9.17) is 5.73 Å². The first-order valence-electron chi connectivity index (χ1n) is 6.12. The largest absolute Gasteiger partial charge is 0.330 e. The van der Waals surface area contributed by atoms with Crippen LogP contribution in [0.4, 0.5) is 5.69 Å². The third-order valence-electron chi connectivity index (χ3n) is 3.02. The van der Waals surface area contributed by atoms with Crippen LogP contribution in [0.25, 0.3) is 10.9 Å². The molecule has 0 aliphatic rings. The number of aromatic amines is 1. The SMILES string of the molecule is CC(CN)CCC(=O)Nc1cccc2cn[nH]c12. The molecule has 0 aliphatic heterocycles. The Balaban J connectivity index is 2.00. The number of nitrogens with zero attached hydrogens (tertiary/aromatic N) is 1. The van der Waals surface area contributed by atoms with Gasteiger partial charge in [0.1, 0.15) is 0 Å². The van der Waals surface area contributed by atoms with E-state index in [2.05, 4.69) is 15.5 Å². The van der Waals surface area contributed by atoms with E-state index in [1.807, 2.05) is 25.1 Å². The van der Waals surface area contributed by atoms with Crippen molar-refractivity contribution in [3.63, 3.8) is 0 Å². The van der Waals surface area contributed by atoms with E-state index in [1.165, 1.54) is 0 Å². The second kappa shape index (κ2) is 5.64. The van der Waals surface area contributed by atoms with Crippen molar-refractivity contribution in [3.8, 4) is 0 Å². The molecule has 2 aromatic rings. The smallest absolute Gasteiger partial charge is 0.224 e. The van der Waals surface area contributed by atoms with E-state index in [9.17, 15) is 4.79 Å². The van der Waals surface area contributed by atoms with Gasteiger partial charge in [0.2, 0.25) is 5.91 Å². The zero-order chi connectivity index (χ0) is 13.0. The van der Waals surface area contributed by atoms with Gasteiger partial charge >= 0.3 is 0 Å². The normalized spacial score (nSPS) is 12.6. The Labute approximate surface area is 106 Å². The molecule has 0 aliphatic carbocycles. The van der Waals surface area contributed by atoms with Gasteiger partial charge in [-0.1, -0.05) is 19.1 Å². The third kappa shape index (κ3) is 2.87. The highest BCUT2D eigenvalue weighted by Gasteiger charge is 2.08. The Morgan fingerprint density at radius 2 is 2.39 bits per heavy atom. The van der Waals surface area contributed by atoms with Gasteiger partial charge in [0.15, 0.2) is 0 Å². The van der Waals surface area contributed by atoms with Gasteiger partial charge in [-0.15, -0.1) is 0 Å². The second-order valence-electron chi connectivity index (χ2n) is 4.57. The van der Waals surface area contributed by atoms with E-state index in [1.54, 1.807) is 6.20 Å². The van der Waals surface area contributed by atoms with Gasteiger partial charge in [0, 0.05) is 11.8 Å². The fraction of sp³-hybridized carbons (Fsp3) is 0.385. The van der Waals surface area contributed by atoms with Gasteiger partial charge < -0.3 is 11.1 Å². The summed E-state index contributed by atoms with van der Waals surface area (Å²) in [6.07, 6.45) is 3.03. The van der Waals surface area contributed by atoms with Crippen LogP contribution >= 0.6 is 0 Å². The molecule has 1 unspecified atom stereocenters. The molecule has 0 bridgehead atoms. The van der Waals surface area contributed by atoms with Gasteiger partial charge in [-0.2, -0.15) is 5.10 Å². The fourth-order valence-corrected chi connectivity index (χ4v) is 1.78. The molecular formula is C13H18N4O. The van der Waals surface area contributed by atoms with Crippen LogP contribution in [-0.4, -0.2) is 22.6 Å². The molecule has 18 heavy (non-hydrogen) atoms. The van der Waals surface area contributed by atoms with Crippen molar-refractivity contribution in [1.29, 1.82) is 0 Å². The first-order valence-corrected chi connectivity index (χ1v) is 6.12. The van der Waals surface area contributed by atoms with Crippen LogP contribution in [0, 0.1) is 5.92 Å². The number of benzene rings is 1. The molecule has 1 atom stereocenters. The summed E-state index contributed by atoms with van der Waals surface area (Å²) in [4.78, 5) is 11.8. The molecule has 0 fully saturated rings. The summed E-state index contributed by atoms with van der Waals surface area (Å²) >= 11 is 0. The summed E-state index contributed by atoms with van der Waals surface area (Å²) in [5, 5.41) is 10.7. The fourth-order valence-electron chi connectivity index (χ4n) is 1.78. The molecule has 0 saturated heterocycles. The number of para-hydroxylation sites is 1. The number of fused-ring (bicyclic) bond motifs is 1. The van der Waals surface area contributed by atoms with E-state index in [-0.39, 0.29) is 5.91 Å². The van der Waals surface area contributed by atoms with Crippen LogP contribution in [0.2, 0.25) is 0 Å². The topological polar surface area (TPSA) is 83.8 Å². The zero-order valence-corrected chi connectivity index (χ0v) is 10.4. The van der Waals surface area contributed by atoms with Crippen LogP contribution in [-0.2, 0) is 4.79 Å². The number of hydrogen-bond donors (Lipinski definition) is 3. The Morgan fingerprint density at radius 1 is 1.56 bits per heavy atom. The lowest BCUT2D eigenvalue weighted by Crippen LogP contribution is -2.16. The Morgan fingerprint density at radius 3 is 3.17 bits per heavy atom. The number of H-pyrrole nitrogens is 1. The summed E-state index contributed by atoms with van der Waals surface area (Å²) in [5.41, 5.74) is 7.16. The highest BCUT2D eigenvalue weighted by molar-refractivity contribution is 6.00. The monoisotopic (exact) mass is 246 g/mol. The highest BCUT2D eigenvalue weighted by Crippen LogP contribution is 2.20. The van der Waals surface area contributed by atoms with Crippen molar-refractivity contribution in [2.75, 3.05) is 11.9 Å². The Kier molecular flexibility index (Phi) is 3.94. The van der Waals surface area contributed by atoms with Crippen molar-refractivity contribution in [2.24, 2.45) is 11.7 Å². The summed E-state index contributed by atoms with van der Waals surface area (Å²) < 4.78 is 0. The molecule has 4 N–H and O–H groups in total. The maximum atomic E-state index is 11.8. The second-order valence-corrected chi connectivity index (χ2v) is 4.57. The number of nitrogens with one attached hydrogen (secondary N) is 2. The minimum Gasteiger partial charge on any atom is -0.330 e. The molecule has 1 heterocycles. The molecule has 1 amide bonds. The van der Waals surface area contributed by atoms with Gasteiger partial charge in [0.05, 0.1) is 17.4 Å². The minimum absolute atomic E-state index is 0.0115. The van der Waals surface area contributed by atoms with Crippen LogP contribution in [0.5, 0.6) is 0 Å². The number of nitrogens with two attached hydrogens (primary N) is 1. The van der Waals surface area contributed by atoms with Crippen LogP contribution in [0.1, 0.15) is 19.8 Å². The average molecular weight is 246 g/mol. The lowest BCUT2D eigenvalue weighted by atomic mass is 10.1. The summed E-state index contributed by atoms with van der Waals surface area (Å²) in [5.74, 6) is 0.385. The van der Waals surface area contributed by atoms with Crippen molar-refractivity contribution in [2.45, 2.75) is 19.8 Å². The molecular weight excluding hydrogens is 228 g/mol. The molecule has 1 aromatic heterocycles. The lowest BCUT2D eigenvalue weighted by Gasteiger charge is -2.09. The third-order valence-corrected chi connectivity index (χ3v) is 3.02. The average Bonchev–Trinajstić information content (AvgIpc) is 2.85. The lowest BCUT2D eigenvalue weighted by molar-refractivity contribution is -0.116. The van der Waals surface area contributed by atoms with Crippen molar-refractivity contribution in [3.05, 3.63) is 24.4 Å². The molecule has 96 valence electrons. The summed E-state index contributed by atoms with van der Waals surface area (Å²) in [6.45, 7) is 2.66. The van der Waals surface area contributed by atoms with E-state index in [0.29, 0.717) is 18.9 Å². The van der Waals surface area contributed by atoms with Gasteiger partial charge in [-0.05, 0) is 24.9 Å². The standard InChI is InChI=1S/C13H18N4O/c1-9(7-14)5-6-12(18)16-11-4-2-3-10-8-15-17-13(10)11/h2-4,8-9H,5-7,14H2,1H3,(H,15,17)(H,16,18). The molecule has 5 nitrogen and oxygen atoms in total. The summed E-state index contributed by atoms with van der Waals surface area (Å²) in [7, 11) is 0. The Hall–Kier alpha value is -1.88. The van der Waals surface area contributed by atoms with E-state index < -0.39 is 0 Å². The molecule has 0 saturated carbocycles. The van der Waals surface area contributed by atoms with E-state index >= 15 is 0 Å². The molecule has 5 heteroatoms. The Bertz CT molecular complexity index is 535. The van der Waals surface area contributed by atoms with Crippen LogP contribution in [0.3, 0.4) is 0 Å². The maximum absolute atomic E-state index is 11.8. The molecule has 1 aromatic carbocycles.